The second-order valence-corrected chi connectivity index (χ2v) is 8.40. The van der Waals surface area contributed by atoms with E-state index in [0.717, 1.165) is 20.7 Å². The Morgan fingerprint density at radius 3 is 2.69 bits per heavy atom. The van der Waals surface area contributed by atoms with Crippen LogP contribution in [-0.2, 0) is 0 Å². The molecule has 144 valence electrons. The maximum absolute atomic E-state index is 11.5. The van der Waals surface area contributed by atoms with Crippen molar-refractivity contribution in [2.75, 3.05) is 5.43 Å². The third-order valence-corrected chi connectivity index (χ3v) is 6.11. The number of nitro benzene ring substituents is 1. The maximum atomic E-state index is 11.5. The van der Waals surface area contributed by atoms with Gasteiger partial charge < -0.3 is 0 Å². The summed E-state index contributed by atoms with van der Waals surface area (Å²) in [6.45, 7) is 2.01. The molecule has 8 heteroatoms. The number of thiazole rings is 1. The SMILES string of the molecule is Cc1ccc(Sc2ccc(C=NNc3nc4ccccc4s3)cc2[N+](=O)[O-])cc1. The van der Waals surface area contributed by atoms with Gasteiger partial charge in [0.15, 0.2) is 0 Å². The van der Waals surface area contributed by atoms with Gasteiger partial charge in [-0.3, -0.25) is 15.5 Å². The number of benzene rings is 3. The third-order valence-electron chi connectivity index (χ3n) is 4.10. The Bertz CT molecular complexity index is 1170. The van der Waals surface area contributed by atoms with Crippen molar-refractivity contribution in [2.24, 2.45) is 5.10 Å². The van der Waals surface area contributed by atoms with E-state index in [-0.39, 0.29) is 10.6 Å². The van der Waals surface area contributed by atoms with Crippen LogP contribution in [0.25, 0.3) is 10.2 Å². The molecule has 3 aromatic carbocycles. The standard InChI is InChI=1S/C21H16N4O2S2/c1-14-6-9-16(10-7-14)28-20-11-8-15(12-18(20)25(26)27)13-22-24-21-23-17-4-2-3-5-19(17)29-21/h2-13H,1H3,(H,23,24). The predicted molar refractivity (Wildman–Crippen MR) is 119 cm³/mol. The lowest BCUT2D eigenvalue weighted by atomic mass is 10.2. The second-order valence-electron chi connectivity index (χ2n) is 6.26. The molecule has 0 radical (unpaired) electrons. The molecule has 0 saturated heterocycles. The molecule has 0 unspecified atom stereocenters. The fraction of sp³-hybridized carbons (Fsp3) is 0.0476. The van der Waals surface area contributed by atoms with E-state index in [1.165, 1.54) is 29.2 Å². The van der Waals surface area contributed by atoms with Crippen molar-refractivity contribution in [1.29, 1.82) is 0 Å². The molecule has 4 aromatic rings. The number of aromatic nitrogens is 1. The Balaban J connectivity index is 1.51. The van der Waals surface area contributed by atoms with Gasteiger partial charge in [-0.15, -0.1) is 0 Å². The zero-order valence-corrected chi connectivity index (χ0v) is 17.0. The van der Waals surface area contributed by atoms with E-state index >= 15 is 0 Å². The van der Waals surface area contributed by atoms with Gasteiger partial charge in [-0.2, -0.15) is 5.10 Å². The lowest BCUT2D eigenvalue weighted by Gasteiger charge is -2.04. The number of nitrogens with one attached hydrogen (secondary N) is 1. The van der Waals surface area contributed by atoms with Gasteiger partial charge in [-0.1, -0.05) is 59.0 Å². The minimum absolute atomic E-state index is 0.0551. The first-order chi connectivity index (χ1) is 14.1. The smallest absolute Gasteiger partial charge is 0.258 e. The van der Waals surface area contributed by atoms with Crippen LogP contribution in [0.3, 0.4) is 0 Å². The highest BCUT2D eigenvalue weighted by atomic mass is 32.2. The van der Waals surface area contributed by atoms with E-state index in [1.54, 1.807) is 12.3 Å². The van der Waals surface area contributed by atoms with Crippen molar-refractivity contribution in [1.82, 2.24) is 4.98 Å². The van der Waals surface area contributed by atoms with Gasteiger partial charge in [0.1, 0.15) is 0 Å². The average Bonchev–Trinajstić information content (AvgIpc) is 3.13. The normalized spacial score (nSPS) is 11.2. The Kier molecular flexibility index (Phi) is 5.55. The molecule has 0 bridgehead atoms. The first kappa shape index (κ1) is 19.1. The van der Waals surface area contributed by atoms with Gasteiger partial charge in [0.25, 0.3) is 5.69 Å². The highest BCUT2D eigenvalue weighted by Gasteiger charge is 2.15. The highest BCUT2D eigenvalue weighted by Crippen LogP contribution is 2.35. The molecule has 0 saturated carbocycles. The first-order valence-electron chi connectivity index (χ1n) is 8.76. The monoisotopic (exact) mass is 420 g/mol. The summed E-state index contributed by atoms with van der Waals surface area (Å²) in [4.78, 5) is 17.2. The van der Waals surface area contributed by atoms with E-state index in [0.29, 0.717) is 15.6 Å². The number of hydrogen-bond acceptors (Lipinski definition) is 7. The minimum Gasteiger partial charge on any atom is -0.258 e. The predicted octanol–water partition coefficient (Wildman–Crippen LogP) is 6.11. The summed E-state index contributed by atoms with van der Waals surface area (Å²) < 4.78 is 1.07. The molecule has 6 nitrogen and oxygen atoms in total. The van der Waals surface area contributed by atoms with Gasteiger partial charge >= 0.3 is 0 Å². The van der Waals surface area contributed by atoms with Crippen molar-refractivity contribution in [3.8, 4) is 0 Å². The molecular formula is C21H16N4O2S2. The summed E-state index contributed by atoms with van der Waals surface area (Å²) in [5.41, 5.74) is 5.64. The molecule has 1 N–H and O–H groups in total. The van der Waals surface area contributed by atoms with Crippen LogP contribution < -0.4 is 5.43 Å². The molecule has 1 heterocycles. The largest absolute Gasteiger partial charge is 0.283 e. The van der Waals surface area contributed by atoms with Gasteiger partial charge in [0.05, 0.1) is 26.3 Å². The van der Waals surface area contributed by atoms with Gasteiger partial charge in [0.2, 0.25) is 5.13 Å². The van der Waals surface area contributed by atoms with E-state index < -0.39 is 0 Å². The number of para-hydroxylation sites is 1. The average molecular weight is 421 g/mol. The quantitative estimate of drug-likeness (QED) is 0.231. The lowest BCUT2D eigenvalue weighted by Crippen LogP contribution is -1.94. The van der Waals surface area contributed by atoms with E-state index in [4.69, 9.17) is 0 Å². The molecule has 0 atom stereocenters. The summed E-state index contributed by atoms with van der Waals surface area (Å²) in [5, 5.41) is 16.4. The zero-order valence-electron chi connectivity index (χ0n) is 15.4. The van der Waals surface area contributed by atoms with Gasteiger partial charge in [-0.25, -0.2) is 4.98 Å². The van der Waals surface area contributed by atoms with E-state index in [2.05, 4.69) is 15.5 Å². The topological polar surface area (TPSA) is 80.4 Å². The number of hydrogen-bond donors (Lipinski definition) is 1. The number of fused-ring (bicyclic) bond motifs is 1. The zero-order chi connectivity index (χ0) is 20.2. The van der Waals surface area contributed by atoms with Crippen LogP contribution in [0.4, 0.5) is 10.8 Å². The van der Waals surface area contributed by atoms with E-state index in [1.807, 2.05) is 61.5 Å². The number of anilines is 1. The highest BCUT2D eigenvalue weighted by molar-refractivity contribution is 7.99. The molecule has 0 amide bonds. The Labute approximate surface area is 175 Å². The Morgan fingerprint density at radius 1 is 1.14 bits per heavy atom. The van der Waals surface area contributed by atoms with Gasteiger partial charge in [0, 0.05) is 16.5 Å². The Hall–Kier alpha value is -3.23. The van der Waals surface area contributed by atoms with E-state index in [9.17, 15) is 10.1 Å². The minimum atomic E-state index is -0.366. The van der Waals surface area contributed by atoms with Crippen LogP contribution in [0.1, 0.15) is 11.1 Å². The van der Waals surface area contributed by atoms with Gasteiger partial charge in [-0.05, 0) is 37.3 Å². The fourth-order valence-electron chi connectivity index (χ4n) is 2.66. The van der Waals surface area contributed by atoms with Crippen LogP contribution in [-0.4, -0.2) is 16.1 Å². The van der Waals surface area contributed by atoms with Crippen LogP contribution in [0.5, 0.6) is 0 Å². The lowest BCUT2D eigenvalue weighted by molar-refractivity contribution is -0.387. The first-order valence-corrected chi connectivity index (χ1v) is 10.4. The molecule has 4 rings (SSSR count). The number of nitrogens with zero attached hydrogens (tertiary/aromatic N) is 3. The van der Waals surface area contributed by atoms with Crippen molar-refractivity contribution in [3.63, 3.8) is 0 Å². The summed E-state index contributed by atoms with van der Waals surface area (Å²) in [7, 11) is 0. The van der Waals surface area contributed by atoms with Crippen LogP contribution in [0.2, 0.25) is 0 Å². The van der Waals surface area contributed by atoms with Crippen molar-refractivity contribution in [2.45, 2.75) is 16.7 Å². The molecule has 0 fully saturated rings. The van der Waals surface area contributed by atoms with Crippen molar-refractivity contribution < 1.29 is 4.92 Å². The number of nitro groups is 1. The molecule has 0 aliphatic rings. The number of rotatable bonds is 6. The van der Waals surface area contributed by atoms with Crippen molar-refractivity contribution in [3.05, 3.63) is 88.0 Å². The number of hydrazone groups is 1. The molecule has 1 aromatic heterocycles. The molecule has 0 aliphatic heterocycles. The molecular weight excluding hydrogens is 404 g/mol. The molecule has 29 heavy (non-hydrogen) atoms. The van der Waals surface area contributed by atoms with Crippen molar-refractivity contribution >= 4 is 50.3 Å². The fourth-order valence-corrected chi connectivity index (χ4v) is 4.37. The Morgan fingerprint density at radius 2 is 1.93 bits per heavy atom. The summed E-state index contributed by atoms with van der Waals surface area (Å²) >= 11 is 2.87. The summed E-state index contributed by atoms with van der Waals surface area (Å²) in [6, 6.07) is 20.8. The molecule has 0 aliphatic carbocycles. The second kappa shape index (κ2) is 8.42. The molecule has 0 spiro atoms. The third kappa shape index (κ3) is 4.61. The maximum Gasteiger partial charge on any atom is 0.283 e. The van der Waals surface area contributed by atoms with Crippen LogP contribution in [0, 0.1) is 17.0 Å². The summed E-state index contributed by atoms with van der Waals surface area (Å²) in [5.74, 6) is 0. The van der Waals surface area contributed by atoms with Crippen LogP contribution in [0.15, 0.2) is 81.6 Å². The number of aryl methyl sites for hydroxylation is 1. The summed E-state index contributed by atoms with van der Waals surface area (Å²) in [6.07, 6.45) is 1.55. The van der Waals surface area contributed by atoms with Crippen LogP contribution >= 0.6 is 23.1 Å².